The Balaban J connectivity index is 1.94. The Morgan fingerprint density at radius 3 is 2.77 bits per heavy atom. The number of sulfonamides is 1. The first-order valence-electron chi connectivity index (χ1n) is 8.19. The second-order valence-corrected chi connectivity index (χ2v) is 8.59. The lowest BCUT2D eigenvalue weighted by Gasteiger charge is -2.47. The van der Waals surface area contributed by atoms with Crippen LogP contribution in [0.25, 0.3) is 11.1 Å². The largest absolute Gasteiger partial charge is 0.494 e. The molecule has 1 aromatic carbocycles. The van der Waals surface area contributed by atoms with Gasteiger partial charge in [0.05, 0.1) is 37.2 Å². The molecule has 0 atom stereocenters. The van der Waals surface area contributed by atoms with Crippen molar-refractivity contribution in [2.75, 3.05) is 31.7 Å². The van der Waals surface area contributed by atoms with Crippen LogP contribution in [0.5, 0.6) is 5.75 Å². The third kappa shape index (κ3) is 2.91. The van der Waals surface area contributed by atoms with Crippen molar-refractivity contribution in [2.45, 2.75) is 18.9 Å². The molecule has 3 rings (SSSR count). The number of nitrogens with zero attached hydrogens (tertiary/aromatic N) is 4. The summed E-state index contributed by atoms with van der Waals surface area (Å²) in [6.45, 7) is 2.09. The van der Waals surface area contributed by atoms with E-state index in [1.54, 1.807) is 31.0 Å². The Bertz CT molecular complexity index is 955. The van der Waals surface area contributed by atoms with Crippen molar-refractivity contribution in [1.29, 1.82) is 5.26 Å². The molecule has 0 radical (unpaired) electrons. The van der Waals surface area contributed by atoms with E-state index in [1.807, 2.05) is 18.3 Å². The number of benzene rings is 1. The smallest absolute Gasteiger partial charge is 0.213 e. The van der Waals surface area contributed by atoms with Crippen LogP contribution < -0.4 is 10.5 Å². The first kappa shape index (κ1) is 18.2. The SMILES string of the molecule is CCS(=O)(=O)N1CC(CC#N)(n2cc(-c3cccc(N)c3OC)cn2)C1. The van der Waals surface area contributed by atoms with Crippen LogP contribution in [0.15, 0.2) is 30.6 Å². The van der Waals surface area contributed by atoms with Gasteiger partial charge in [-0.2, -0.15) is 14.7 Å². The van der Waals surface area contributed by atoms with Crippen molar-refractivity contribution in [3.05, 3.63) is 30.6 Å². The number of aromatic nitrogens is 2. The molecule has 0 aliphatic carbocycles. The summed E-state index contributed by atoms with van der Waals surface area (Å²) in [5.74, 6) is 0.602. The first-order chi connectivity index (χ1) is 12.4. The number of hydrogen-bond acceptors (Lipinski definition) is 6. The number of ether oxygens (including phenoxy) is 1. The maximum Gasteiger partial charge on any atom is 0.213 e. The van der Waals surface area contributed by atoms with Gasteiger partial charge in [0, 0.05) is 30.4 Å². The second-order valence-electron chi connectivity index (χ2n) is 6.33. The molecule has 0 unspecified atom stereocenters. The minimum Gasteiger partial charge on any atom is -0.494 e. The molecule has 2 N–H and O–H groups in total. The van der Waals surface area contributed by atoms with E-state index >= 15 is 0 Å². The van der Waals surface area contributed by atoms with Crippen LogP contribution in [-0.2, 0) is 15.6 Å². The summed E-state index contributed by atoms with van der Waals surface area (Å²) in [6.07, 6.45) is 3.66. The van der Waals surface area contributed by atoms with Crippen LogP contribution in [-0.4, -0.2) is 48.5 Å². The zero-order chi connectivity index (χ0) is 18.9. The molecule has 0 amide bonds. The van der Waals surface area contributed by atoms with Crippen molar-refractivity contribution in [2.24, 2.45) is 0 Å². The zero-order valence-electron chi connectivity index (χ0n) is 14.7. The Labute approximate surface area is 152 Å². The van der Waals surface area contributed by atoms with E-state index in [0.29, 0.717) is 11.4 Å². The van der Waals surface area contributed by atoms with E-state index in [9.17, 15) is 13.7 Å². The van der Waals surface area contributed by atoms with Gasteiger partial charge in [0.1, 0.15) is 11.3 Å². The Hall–Kier alpha value is -2.57. The van der Waals surface area contributed by atoms with Gasteiger partial charge in [0.25, 0.3) is 0 Å². The van der Waals surface area contributed by atoms with Crippen LogP contribution in [0.4, 0.5) is 5.69 Å². The number of hydrogen-bond donors (Lipinski definition) is 1. The number of para-hydroxylation sites is 1. The highest BCUT2D eigenvalue weighted by atomic mass is 32.2. The molecule has 26 heavy (non-hydrogen) atoms. The van der Waals surface area contributed by atoms with Crippen molar-refractivity contribution < 1.29 is 13.2 Å². The fraction of sp³-hybridized carbons (Fsp3) is 0.412. The number of nitriles is 1. The van der Waals surface area contributed by atoms with Crippen LogP contribution in [0.1, 0.15) is 13.3 Å². The van der Waals surface area contributed by atoms with Crippen molar-refractivity contribution >= 4 is 15.7 Å². The van der Waals surface area contributed by atoms with Gasteiger partial charge in [0.2, 0.25) is 10.0 Å². The van der Waals surface area contributed by atoms with Crippen LogP contribution >= 0.6 is 0 Å². The monoisotopic (exact) mass is 375 g/mol. The molecular weight excluding hydrogens is 354 g/mol. The maximum absolute atomic E-state index is 12.0. The molecule has 2 heterocycles. The lowest BCUT2D eigenvalue weighted by Crippen LogP contribution is -2.64. The second kappa shape index (κ2) is 6.63. The predicted molar refractivity (Wildman–Crippen MR) is 97.9 cm³/mol. The van der Waals surface area contributed by atoms with Gasteiger partial charge in [-0.05, 0) is 13.0 Å². The van der Waals surface area contributed by atoms with Gasteiger partial charge in [-0.3, -0.25) is 4.68 Å². The zero-order valence-corrected chi connectivity index (χ0v) is 15.5. The van der Waals surface area contributed by atoms with E-state index in [0.717, 1.165) is 11.1 Å². The highest BCUT2D eigenvalue weighted by Gasteiger charge is 2.49. The standard InChI is InChI=1S/C17H21N5O3S/c1-3-26(23,24)21-11-17(12-21,7-8-18)22-10-13(9-20-22)14-5-4-6-15(19)16(14)25-2/h4-6,9-10H,3,7,11-12,19H2,1-2H3. The molecule has 1 aliphatic heterocycles. The summed E-state index contributed by atoms with van der Waals surface area (Å²) in [7, 11) is -1.72. The maximum atomic E-state index is 12.0. The Morgan fingerprint density at radius 1 is 1.42 bits per heavy atom. The van der Waals surface area contributed by atoms with E-state index in [-0.39, 0.29) is 25.3 Å². The summed E-state index contributed by atoms with van der Waals surface area (Å²) >= 11 is 0. The molecule has 0 spiro atoms. The summed E-state index contributed by atoms with van der Waals surface area (Å²) in [6, 6.07) is 7.61. The van der Waals surface area contributed by atoms with E-state index < -0.39 is 15.6 Å². The average molecular weight is 375 g/mol. The Kier molecular flexibility index (Phi) is 4.64. The number of nitrogen functional groups attached to an aromatic ring is 1. The average Bonchev–Trinajstić information content (AvgIpc) is 3.07. The van der Waals surface area contributed by atoms with Gasteiger partial charge in [-0.1, -0.05) is 12.1 Å². The molecule has 1 aliphatic rings. The number of anilines is 1. The molecule has 0 bridgehead atoms. The molecule has 0 saturated carbocycles. The van der Waals surface area contributed by atoms with Gasteiger partial charge in [-0.25, -0.2) is 8.42 Å². The van der Waals surface area contributed by atoms with Crippen molar-refractivity contribution in [3.8, 4) is 22.9 Å². The lowest BCUT2D eigenvalue weighted by molar-refractivity contribution is 0.0719. The molecule has 8 nitrogen and oxygen atoms in total. The molecule has 1 saturated heterocycles. The van der Waals surface area contributed by atoms with Gasteiger partial charge < -0.3 is 10.5 Å². The molecular formula is C17H21N5O3S. The van der Waals surface area contributed by atoms with E-state index in [1.165, 1.54) is 4.31 Å². The Morgan fingerprint density at radius 2 is 2.15 bits per heavy atom. The molecule has 2 aromatic rings. The molecule has 1 aromatic heterocycles. The number of rotatable bonds is 6. The van der Waals surface area contributed by atoms with Crippen LogP contribution in [0.3, 0.4) is 0 Å². The highest BCUT2D eigenvalue weighted by molar-refractivity contribution is 7.89. The highest BCUT2D eigenvalue weighted by Crippen LogP contribution is 2.38. The van der Waals surface area contributed by atoms with Crippen molar-refractivity contribution in [1.82, 2.24) is 14.1 Å². The molecule has 138 valence electrons. The van der Waals surface area contributed by atoms with Crippen LogP contribution in [0.2, 0.25) is 0 Å². The minimum absolute atomic E-state index is 0.0421. The fourth-order valence-electron chi connectivity index (χ4n) is 3.21. The predicted octanol–water partition coefficient (Wildman–Crippen LogP) is 1.42. The van der Waals surface area contributed by atoms with Gasteiger partial charge in [-0.15, -0.1) is 0 Å². The third-order valence-electron chi connectivity index (χ3n) is 4.74. The topological polar surface area (TPSA) is 114 Å². The van der Waals surface area contributed by atoms with Gasteiger partial charge >= 0.3 is 0 Å². The van der Waals surface area contributed by atoms with Crippen molar-refractivity contribution in [3.63, 3.8) is 0 Å². The number of nitrogens with two attached hydrogens (primary N) is 1. The molecule has 1 fully saturated rings. The molecule has 9 heteroatoms. The summed E-state index contributed by atoms with van der Waals surface area (Å²) in [5.41, 5.74) is 7.42. The summed E-state index contributed by atoms with van der Waals surface area (Å²) in [4.78, 5) is 0. The third-order valence-corrected chi connectivity index (χ3v) is 6.51. The van der Waals surface area contributed by atoms with Crippen LogP contribution in [0, 0.1) is 11.3 Å². The van der Waals surface area contributed by atoms with Gasteiger partial charge in [0.15, 0.2) is 0 Å². The van der Waals surface area contributed by atoms with E-state index in [2.05, 4.69) is 11.2 Å². The quantitative estimate of drug-likeness (QED) is 0.764. The minimum atomic E-state index is -3.27. The summed E-state index contributed by atoms with van der Waals surface area (Å²) < 4.78 is 32.5. The summed E-state index contributed by atoms with van der Waals surface area (Å²) in [5, 5.41) is 13.6. The lowest BCUT2D eigenvalue weighted by atomic mass is 9.89. The number of methoxy groups -OCH3 is 1. The first-order valence-corrected chi connectivity index (χ1v) is 9.80. The fourth-order valence-corrected chi connectivity index (χ4v) is 4.44. The normalized spacial score (nSPS) is 16.7. The van der Waals surface area contributed by atoms with E-state index in [4.69, 9.17) is 10.5 Å².